The molecule has 0 spiro atoms. The predicted octanol–water partition coefficient (Wildman–Crippen LogP) is 2.94. The molecule has 4 nitrogen and oxygen atoms in total. The van der Waals surface area contributed by atoms with E-state index in [0.717, 1.165) is 5.56 Å². The van der Waals surface area contributed by atoms with Gasteiger partial charge in [-0.25, -0.2) is 4.79 Å². The summed E-state index contributed by atoms with van der Waals surface area (Å²) in [6.45, 7) is 0.607. The minimum absolute atomic E-state index is 0.126. The molecule has 0 unspecified atom stereocenters. The Labute approximate surface area is 111 Å². The van der Waals surface area contributed by atoms with Crippen LogP contribution in [0.5, 0.6) is 5.75 Å². The molecule has 0 fully saturated rings. The van der Waals surface area contributed by atoms with Crippen LogP contribution >= 0.6 is 0 Å². The molecule has 0 heterocycles. The zero-order valence-corrected chi connectivity index (χ0v) is 10.3. The fourth-order valence-electron chi connectivity index (χ4n) is 1.54. The minimum atomic E-state index is -0.952. The van der Waals surface area contributed by atoms with Crippen LogP contribution in [-0.4, -0.2) is 17.9 Å². The molecule has 0 saturated carbocycles. The molecule has 1 N–H and O–H groups in total. The number of hydrogen-bond donors (Lipinski definition) is 1. The van der Waals surface area contributed by atoms with E-state index in [0.29, 0.717) is 12.4 Å². The molecular formula is C15H14O4. The lowest BCUT2D eigenvalue weighted by Gasteiger charge is -2.07. The van der Waals surface area contributed by atoms with Crippen molar-refractivity contribution in [1.29, 1.82) is 0 Å². The molecule has 2 aromatic rings. The summed E-state index contributed by atoms with van der Waals surface area (Å²) < 4.78 is 10.7. The first-order valence-corrected chi connectivity index (χ1v) is 5.83. The summed E-state index contributed by atoms with van der Waals surface area (Å²) in [5.41, 5.74) is 1.31. The van der Waals surface area contributed by atoms with Crippen LogP contribution in [0, 0.1) is 0 Å². The molecule has 98 valence electrons. The van der Waals surface area contributed by atoms with Crippen LogP contribution in [0.15, 0.2) is 54.6 Å². The maximum atomic E-state index is 10.7. The highest BCUT2D eigenvalue weighted by Crippen LogP contribution is 2.12. The zero-order valence-electron chi connectivity index (χ0n) is 10.3. The lowest BCUT2D eigenvalue weighted by molar-refractivity contribution is 0.00504. The largest absolute Gasteiger partial charge is 0.478 e. The van der Waals surface area contributed by atoms with E-state index in [1.54, 1.807) is 12.1 Å². The van der Waals surface area contributed by atoms with Gasteiger partial charge >= 0.3 is 5.97 Å². The van der Waals surface area contributed by atoms with Gasteiger partial charge in [0.05, 0.1) is 12.2 Å². The molecule has 0 aliphatic heterocycles. The van der Waals surface area contributed by atoms with Gasteiger partial charge in [0.2, 0.25) is 0 Å². The molecular weight excluding hydrogens is 244 g/mol. The van der Waals surface area contributed by atoms with Crippen LogP contribution in [0.25, 0.3) is 0 Å². The Bertz CT molecular complexity index is 520. The van der Waals surface area contributed by atoms with Crippen LogP contribution < -0.4 is 4.74 Å². The number of hydrogen-bond acceptors (Lipinski definition) is 3. The lowest BCUT2D eigenvalue weighted by Crippen LogP contribution is -2.03. The van der Waals surface area contributed by atoms with E-state index >= 15 is 0 Å². The van der Waals surface area contributed by atoms with Gasteiger partial charge in [0.25, 0.3) is 0 Å². The molecule has 0 saturated heterocycles. The molecule has 2 rings (SSSR count). The number of rotatable bonds is 6. The maximum Gasteiger partial charge on any atom is 0.335 e. The second-order valence-corrected chi connectivity index (χ2v) is 3.93. The first kappa shape index (κ1) is 13.1. The van der Waals surface area contributed by atoms with Crippen molar-refractivity contribution in [2.45, 2.75) is 6.61 Å². The Kier molecular flexibility index (Phi) is 4.53. The van der Waals surface area contributed by atoms with Gasteiger partial charge < -0.3 is 14.6 Å². The van der Waals surface area contributed by atoms with Crippen LogP contribution in [0.4, 0.5) is 0 Å². The van der Waals surface area contributed by atoms with E-state index in [-0.39, 0.29) is 12.4 Å². The molecule has 0 aliphatic carbocycles. The van der Waals surface area contributed by atoms with Crippen molar-refractivity contribution in [2.24, 2.45) is 0 Å². The van der Waals surface area contributed by atoms with Crippen molar-refractivity contribution in [3.05, 3.63) is 65.7 Å². The van der Waals surface area contributed by atoms with Crippen molar-refractivity contribution in [1.82, 2.24) is 0 Å². The molecule has 2 aromatic carbocycles. The number of carboxylic acid groups (broad SMARTS) is 1. The smallest absolute Gasteiger partial charge is 0.335 e. The van der Waals surface area contributed by atoms with Crippen molar-refractivity contribution >= 4 is 5.97 Å². The predicted molar refractivity (Wildman–Crippen MR) is 70.1 cm³/mol. The van der Waals surface area contributed by atoms with E-state index in [1.807, 2.05) is 30.3 Å². The minimum Gasteiger partial charge on any atom is -0.478 e. The van der Waals surface area contributed by atoms with E-state index in [4.69, 9.17) is 14.6 Å². The monoisotopic (exact) mass is 258 g/mol. The summed E-state index contributed by atoms with van der Waals surface area (Å²) in [4.78, 5) is 10.7. The molecule has 0 aliphatic rings. The third-order valence-corrected chi connectivity index (χ3v) is 2.52. The summed E-state index contributed by atoms with van der Waals surface area (Å²) in [6.07, 6.45) is 0. The zero-order chi connectivity index (χ0) is 13.5. The van der Waals surface area contributed by atoms with Crippen LogP contribution in [0.1, 0.15) is 15.9 Å². The highest BCUT2D eigenvalue weighted by atomic mass is 16.7. The molecule has 19 heavy (non-hydrogen) atoms. The van der Waals surface area contributed by atoms with E-state index in [9.17, 15) is 4.79 Å². The normalized spacial score (nSPS) is 10.1. The van der Waals surface area contributed by atoms with E-state index < -0.39 is 5.97 Å². The highest BCUT2D eigenvalue weighted by molar-refractivity contribution is 5.87. The van der Waals surface area contributed by atoms with Gasteiger partial charge in [-0.3, -0.25) is 0 Å². The Morgan fingerprint density at radius 1 is 1.00 bits per heavy atom. The summed E-state index contributed by atoms with van der Waals surface area (Å²) >= 11 is 0. The lowest BCUT2D eigenvalue weighted by atomic mass is 10.2. The number of carboxylic acids is 1. The maximum absolute atomic E-state index is 10.7. The first-order valence-electron chi connectivity index (χ1n) is 5.83. The summed E-state index contributed by atoms with van der Waals surface area (Å²) in [5.74, 6) is -0.370. The number of ether oxygens (including phenoxy) is 2. The third kappa shape index (κ3) is 4.12. The van der Waals surface area contributed by atoms with Crippen molar-refractivity contribution in [3.8, 4) is 5.75 Å². The van der Waals surface area contributed by atoms with Crippen molar-refractivity contribution < 1.29 is 19.4 Å². The average Bonchev–Trinajstić information content (AvgIpc) is 2.45. The first-order chi connectivity index (χ1) is 9.25. The summed E-state index contributed by atoms with van der Waals surface area (Å²) in [6, 6.07) is 16.0. The number of aromatic carboxylic acids is 1. The molecule has 0 amide bonds. The molecule has 0 bridgehead atoms. The fraction of sp³-hybridized carbons (Fsp3) is 0.133. The van der Waals surface area contributed by atoms with Gasteiger partial charge in [-0.05, 0) is 29.8 Å². The highest BCUT2D eigenvalue weighted by Gasteiger charge is 2.01. The molecule has 0 radical (unpaired) electrons. The Morgan fingerprint density at radius 2 is 1.68 bits per heavy atom. The van der Waals surface area contributed by atoms with Crippen molar-refractivity contribution in [2.75, 3.05) is 6.79 Å². The van der Waals surface area contributed by atoms with E-state index in [1.165, 1.54) is 12.1 Å². The van der Waals surface area contributed by atoms with E-state index in [2.05, 4.69) is 0 Å². The van der Waals surface area contributed by atoms with Gasteiger partial charge in [-0.2, -0.15) is 0 Å². The van der Waals surface area contributed by atoms with Crippen LogP contribution in [0.2, 0.25) is 0 Å². The molecule has 0 atom stereocenters. The van der Waals surface area contributed by atoms with Crippen LogP contribution in [0.3, 0.4) is 0 Å². The van der Waals surface area contributed by atoms with Crippen LogP contribution in [-0.2, 0) is 11.3 Å². The number of benzene rings is 2. The average molecular weight is 258 g/mol. The summed E-state index contributed by atoms with van der Waals surface area (Å²) in [5, 5.41) is 8.75. The second-order valence-electron chi connectivity index (χ2n) is 3.93. The van der Waals surface area contributed by atoms with Gasteiger partial charge in [0, 0.05) is 0 Å². The fourth-order valence-corrected chi connectivity index (χ4v) is 1.54. The van der Waals surface area contributed by atoms with Gasteiger partial charge in [0.15, 0.2) is 6.79 Å². The Balaban J connectivity index is 1.75. The molecule has 4 heteroatoms. The van der Waals surface area contributed by atoms with Gasteiger partial charge in [-0.15, -0.1) is 0 Å². The Hall–Kier alpha value is -2.33. The van der Waals surface area contributed by atoms with Crippen molar-refractivity contribution in [3.63, 3.8) is 0 Å². The number of carbonyl (C=O) groups is 1. The third-order valence-electron chi connectivity index (χ3n) is 2.52. The standard InChI is InChI=1S/C15H14O4/c16-15(17)13-6-8-14(9-7-13)19-11-18-10-12-4-2-1-3-5-12/h1-9H,10-11H2,(H,16,17). The SMILES string of the molecule is O=C(O)c1ccc(OCOCc2ccccc2)cc1. The van der Waals surface area contributed by atoms with Gasteiger partial charge in [-0.1, -0.05) is 30.3 Å². The quantitative estimate of drug-likeness (QED) is 0.639. The second kappa shape index (κ2) is 6.56. The van der Waals surface area contributed by atoms with Gasteiger partial charge in [0.1, 0.15) is 5.75 Å². The molecule has 0 aromatic heterocycles. The summed E-state index contributed by atoms with van der Waals surface area (Å²) in [7, 11) is 0. The Morgan fingerprint density at radius 3 is 2.32 bits per heavy atom. The topological polar surface area (TPSA) is 55.8 Å².